The van der Waals surface area contributed by atoms with Gasteiger partial charge in [0.2, 0.25) is 0 Å². The van der Waals surface area contributed by atoms with E-state index in [9.17, 15) is 18.0 Å². The van der Waals surface area contributed by atoms with Crippen LogP contribution < -0.4 is 10.9 Å². The summed E-state index contributed by atoms with van der Waals surface area (Å²) in [6, 6.07) is 13.7. The van der Waals surface area contributed by atoms with Crippen LogP contribution in [0.1, 0.15) is 46.5 Å². The van der Waals surface area contributed by atoms with Gasteiger partial charge in [-0.1, -0.05) is 53.7 Å². The molecule has 188 valence electrons. The third-order valence-electron chi connectivity index (χ3n) is 7.58. The minimum atomic E-state index is -4.61. The van der Waals surface area contributed by atoms with Crippen LogP contribution in [-0.4, -0.2) is 34.2 Å². The van der Waals surface area contributed by atoms with Gasteiger partial charge in [0, 0.05) is 31.1 Å². The molecule has 0 radical (unpaired) electrons. The molecule has 0 saturated carbocycles. The number of fused-ring (bicyclic) bond motifs is 3. The lowest BCUT2D eigenvalue weighted by Crippen LogP contribution is -2.49. The van der Waals surface area contributed by atoms with Crippen LogP contribution in [0.2, 0.25) is 0 Å². The number of hydrogen-bond donors (Lipinski definition) is 3. The van der Waals surface area contributed by atoms with Gasteiger partial charge in [-0.25, -0.2) is 10.9 Å². The molecule has 1 aliphatic carbocycles. The van der Waals surface area contributed by atoms with E-state index < -0.39 is 23.8 Å². The monoisotopic (exact) mass is 498 g/mol. The number of nitrogens with zero attached hydrogens (tertiary/aromatic N) is 2. The maximum absolute atomic E-state index is 14.2. The summed E-state index contributed by atoms with van der Waals surface area (Å²) in [5.74, 6) is -1.37. The number of aliphatic carboxylic acids is 1. The Labute approximate surface area is 205 Å². The second-order valence-electron chi connectivity index (χ2n) is 9.84. The highest BCUT2D eigenvalue weighted by Crippen LogP contribution is 2.49. The Balaban J connectivity index is 1.24. The summed E-state index contributed by atoms with van der Waals surface area (Å²) in [6.07, 6.45) is -3.18. The maximum atomic E-state index is 14.2. The summed E-state index contributed by atoms with van der Waals surface area (Å²) in [5, 5.41) is 12.9. The van der Waals surface area contributed by atoms with Crippen molar-refractivity contribution >= 4 is 5.97 Å². The first-order chi connectivity index (χ1) is 17.3. The molecule has 0 spiro atoms. The zero-order chi connectivity index (χ0) is 25.0. The number of aromatic nitrogens is 1. The summed E-state index contributed by atoms with van der Waals surface area (Å²) in [4.78, 5) is 13.1. The molecule has 3 aliphatic rings. The normalized spacial score (nSPS) is 24.2. The molecule has 36 heavy (non-hydrogen) atoms. The Morgan fingerprint density at radius 1 is 1.11 bits per heavy atom. The molecule has 10 heteroatoms. The standard InChI is InChI=1S/C26H25F3N4O3/c27-26(28,29)20-21(15-4-2-1-3-5-15)32-36-24(20)23-19-9-7-16-10-14(6-8-18(16)22(19)30-31-23)11-33-12-17(13-33)25(34)35/h1-6,8,10,17,19,22-23,30-31H,7,9,11-13H2,(H,34,35). The fourth-order valence-corrected chi connectivity index (χ4v) is 5.78. The van der Waals surface area contributed by atoms with Crippen molar-refractivity contribution < 1.29 is 27.6 Å². The number of hydrogen-bond acceptors (Lipinski definition) is 6. The van der Waals surface area contributed by atoms with Gasteiger partial charge in [0.05, 0.1) is 18.0 Å². The van der Waals surface area contributed by atoms with E-state index in [1.165, 1.54) is 0 Å². The lowest BCUT2D eigenvalue weighted by Gasteiger charge is -2.37. The van der Waals surface area contributed by atoms with Crippen LogP contribution in [0.25, 0.3) is 11.3 Å². The van der Waals surface area contributed by atoms with Crippen molar-refractivity contribution in [1.29, 1.82) is 0 Å². The molecule has 7 nitrogen and oxygen atoms in total. The lowest BCUT2D eigenvalue weighted by atomic mass is 9.76. The minimum Gasteiger partial charge on any atom is -0.481 e. The quantitative estimate of drug-likeness (QED) is 0.483. The van der Waals surface area contributed by atoms with Crippen LogP contribution in [0.4, 0.5) is 13.2 Å². The Hall–Kier alpha value is -3.21. The van der Waals surface area contributed by atoms with Gasteiger partial charge in [-0.2, -0.15) is 13.2 Å². The predicted molar refractivity (Wildman–Crippen MR) is 123 cm³/mol. The second kappa shape index (κ2) is 8.72. The number of carboxylic acids is 1. The highest BCUT2D eigenvalue weighted by atomic mass is 19.4. The van der Waals surface area contributed by atoms with Crippen molar-refractivity contribution in [3.8, 4) is 11.3 Å². The number of alkyl halides is 3. The first kappa shape index (κ1) is 23.2. The third-order valence-corrected chi connectivity index (χ3v) is 7.58. The molecule has 1 aromatic heterocycles. The smallest absolute Gasteiger partial charge is 0.422 e. The number of aryl methyl sites for hydroxylation is 1. The largest absolute Gasteiger partial charge is 0.481 e. The lowest BCUT2D eigenvalue weighted by molar-refractivity contribution is -0.147. The van der Waals surface area contributed by atoms with Gasteiger partial charge in [-0.3, -0.25) is 9.69 Å². The molecular formula is C26H25F3N4O3. The zero-order valence-electron chi connectivity index (χ0n) is 19.3. The Morgan fingerprint density at radius 3 is 2.58 bits per heavy atom. The van der Waals surface area contributed by atoms with Gasteiger partial charge in [0.15, 0.2) is 5.76 Å². The van der Waals surface area contributed by atoms with Crippen molar-refractivity contribution in [2.75, 3.05) is 13.1 Å². The average molecular weight is 499 g/mol. The van der Waals surface area contributed by atoms with Crippen LogP contribution in [0.5, 0.6) is 0 Å². The van der Waals surface area contributed by atoms with Crippen molar-refractivity contribution in [2.45, 2.75) is 37.6 Å². The van der Waals surface area contributed by atoms with E-state index in [4.69, 9.17) is 9.63 Å². The Kier molecular flexibility index (Phi) is 5.62. The van der Waals surface area contributed by atoms with E-state index in [0.29, 0.717) is 31.6 Å². The Bertz CT molecular complexity index is 1290. The molecule has 3 heterocycles. The number of rotatable bonds is 5. The molecule has 2 fully saturated rings. The van der Waals surface area contributed by atoms with Crippen LogP contribution in [0.15, 0.2) is 53.1 Å². The summed E-state index contributed by atoms with van der Waals surface area (Å²) in [6.45, 7) is 1.79. The molecule has 3 aromatic rings. The zero-order valence-corrected chi connectivity index (χ0v) is 19.3. The molecule has 2 aliphatic heterocycles. The molecule has 3 unspecified atom stereocenters. The molecule has 3 atom stereocenters. The van der Waals surface area contributed by atoms with Gasteiger partial charge in [0.1, 0.15) is 11.3 Å². The number of hydrazine groups is 1. The van der Waals surface area contributed by atoms with Gasteiger partial charge < -0.3 is 9.63 Å². The molecule has 0 amide bonds. The number of halogens is 3. The molecule has 3 N–H and O–H groups in total. The van der Waals surface area contributed by atoms with E-state index >= 15 is 0 Å². The van der Waals surface area contributed by atoms with Gasteiger partial charge in [-0.05, 0) is 29.5 Å². The number of nitrogens with one attached hydrogen (secondary N) is 2. The number of benzene rings is 2. The van der Waals surface area contributed by atoms with Crippen LogP contribution >= 0.6 is 0 Å². The number of likely N-dealkylation sites (tertiary alicyclic amines) is 1. The number of carbonyl (C=O) groups is 1. The van der Waals surface area contributed by atoms with E-state index in [0.717, 1.165) is 23.1 Å². The van der Waals surface area contributed by atoms with Crippen LogP contribution in [-0.2, 0) is 23.9 Å². The van der Waals surface area contributed by atoms with Crippen molar-refractivity contribution in [3.05, 3.63) is 76.5 Å². The molecular weight excluding hydrogens is 473 g/mol. The van der Waals surface area contributed by atoms with Crippen LogP contribution in [0.3, 0.4) is 0 Å². The highest BCUT2D eigenvalue weighted by Gasteiger charge is 2.49. The van der Waals surface area contributed by atoms with E-state index in [1.807, 2.05) is 12.1 Å². The van der Waals surface area contributed by atoms with E-state index in [-0.39, 0.29) is 29.3 Å². The van der Waals surface area contributed by atoms with Crippen molar-refractivity contribution in [2.24, 2.45) is 11.8 Å². The molecule has 0 bridgehead atoms. The van der Waals surface area contributed by atoms with Crippen molar-refractivity contribution in [1.82, 2.24) is 20.9 Å². The topological polar surface area (TPSA) is 90.6 Å². The van der Waals surface area contributed by atoms with E-state index in [1.54, 1.807) is 30.3 Å². The van der Waals surface area contributed by atoms with E-state index in [2.05, 4.69) is 27.0 Å². The number of carboxylic acid groups (broad SMARTS) is 1. The van der Waals surface area contributed by atoms with Crippen LogP contribution in [0, 0.1) is 11.8 Å². The fourth-order valence-electron chi connectivity index (χ4n) is 5.78. The minimum absolute atomic E-state index is 0.132. The van der Waals surface area contributed by atoms with Gasteiger partial charge in [0.25, 0.3) is 0 Å². The summed E-state index contributed by atoms with van der Waals surface area (Å²) >= 11 is 0. The highest BCUT2D eigenvalue weighted by molar-refractivity contribution is 5.71. The summed E-state index contributed by atoms with van der Waals surface area (Å²) in [7, 11) is 0. The molecule has 2 aromatic carbocycles. The molecule has 6 rings (SSSR count). The summed E-state index contributed by atoms with van der Waals surface area (Å²) < 4.78 is 48.0. The van der Waals surface area contributed by atoms with Gasteiger partial charge >= 0.3 is 12.1 Å². The first-order valence-electron chi connectivity index (χ1n) is 12.0. The second-order valence-corrected chi connectivity index (χ2v) is 9.84. The summed E-state index contributed by atoms with van der Waals surface area (Å²) in [5.41, 5.74) is 8.95. The van der Waals surface area contributed by atoms with Crippen molar-refractivity contribution in [3.63, 3.8) is 0 Å². The third kappa shape index (κ3) is 3.99. The van der Waals surface area contributed by atoms with Gasteiger partial charge in [-0.15, -0.1) is 0 Å². The first-order valence-corrected chi connectivity index (χ1v) is 12.0. The Morgan fingerprint density at radius 2 is 1.86 bits per heavy atom. The molecule has 2 saturated heterocycles. The fraction of sp³-hybridized carbons (Fsp3) is 0.385. The average Bonchev–Trinajstić information content (AvgIpc) is 3.45. The SMILES string of the molecule is O=C(O)C1CN(Cc2ccc3c(c2)CCC2C3NNC2c2onc(-c3ccccc3)c2C(F)(F)F)C1. The predicted octanol–water partition coefficient (Wildman–Crippen LogP) is 4.33. The maximum Gasteiger partial charge on any atom is 0.422 e.